The Morgan fingerprint density at radius 1 is 1.39 bits per heavy atom. The van der Waals surface area contributed by atoms with Crippen LogP contribution in [0.3, 0.4) is 0 Å². The van der Waals surface area contributed by atoms with Crippen LogP contribution in [0.1, 0.15) is 36.7 Å². The van der Waals surface area contributed by atoms with E-state index in [0.29, 0.717) is 42.4 Å². The average molecular weight is 318 g/mol. The molecule has 0 unspecified atom stereocenters. The number of aromatic carboxylic acids is 1. The van der Waals surface area contributed by atoms with Crippen LogP contribution in [0.2, 0.25) is 0 Å². The smallest absolute Gasteiger partial charge is 0.338 e. The van der Waals surface area contributed by atoms with Gasteiger partial charge in [0, 0.05) is 6.54 Å². The van der Waals surface area contributed by atoms with Gasteiger partial charge in [-0.1, -0.05) is 26.8 Å². The maximum Gasteiger partial charge on any atom is 0.338 e. The summed E-state index contributed by atoms with van der Waals surface area (Å²) in [5, 5.41) is 9.45. The third kappa shape index (κ3) is 2.79. The van der Waals surface area contributed by atoms with E-state index in [1.165, 1.54) is 0 Å². The highest BCUT2D eigenvalue weighted by Gasteiger charge is 2.36. The predicted octanol–water partition coefficient (Wildman–Crippen LogP) is 3.09. The molecule has 3 rings (SSSR count). The minimum Gasteiger partial charge on any atom is -0.478 e. The van der Waals surface area contributed by atoms with E-state index in [0.717, 1.165) is 0 Å². The van der Waals surface area contributed by atoms with Gasteiger partial charge in [-0.15, -0.1) is 0 Å². The summed E-state index contributed by atoms with van der Waals surface area (Å²) in [5.74, 6) is -0.984. The number of fused-ring (bicyclic) bond motifs is 1. The second-order valence-corrected chi connectivity index (χ2v) is 7.06. The van der Waals surface area contributed by atoms with Gasteiger partial charge in [-0.25, -0.2) is 4.79 Å². The molecule has 1 saturated heterocycles. The Labute approximate surface area is 135 Å². The van der Waals surface area contributed by atoms with Crippen LogP contribution in [0.5, 0.6) is 0 Å². The van der Waals surface area contributed by atoms with Crippen molar-refractivity contribution in [1.82, 2.24) is 4.98 Å². The van der Waals surface area contributed by atoms with Crippen LogP contribution in [0.25, 0.3) is 11.1 Å². The SMILES string of the molecule is Cc1ccc2oc(N3CCOC[C@@H]3C(C)(C)C)nc2c1C(=O)O. The lowest BCUT2D eigenvalue weighted by Gasteiger charge is -2.42. The maximum absolute atomic E-state index is 11.5. The van der Waals surface area contributed by atoms with Gasteiger partial charge in [-0.2, -0.15) is 4.98 Å². The van der Waals surface area contributed by atoms with Crippen molar-refractivity contribution >= 4 is 23.1 Å². The molecule has 6 nitrogen and oxygen atoms in total. The van der Waals surface area contributed by atoms with E-state index in [4.69, 9.17) is 9.15 Å². The first-order valence-corrected chi connectivity index (χ1v) is 7.77. The van der Waals surface area contributed by atoms with Crippen LogP contribution in [-0.2, 0) is 4.74 Å². The number of oxazole rings is 1. The summed E-state index contributed by atoms with van der Waals surface area (Å²) in [6.07, 6.45) is 0. The van der Waals surface area contributed by atoms with Gasteiger partial charge in [-0.05, 0) is 24.0 Å². The number of morpholine rings is 1. The summed E-state index contributed by atoms with van der Waals surface area (Å²) in [6.45, 7) is 10.1. The first-order chi connectivity index (χ1) is 10.8. The molecule has 0 aliphatic carbocycles. The summed E-state index contributed by atoms with van der Waals surface area (Å²) in [7, 11) is 0. The number of anilines is 1. The standard InChI is InChI=1S/C17H22N2O4/c1-10-5-6-11-14(13(10)15(20)21)18-16(23-11)19-7-8-22-9-12(19)17(2,3)4/h5-6,12H,7-9H2,1-4H3,(H,20,21)/t12-/m1/s1. The van der Waals surface area contributed by atoms with Gasteiger partial charge in [0.05, 0.1) is 24.8 Å². The summed E-state index contributed by atoms with van der Waals surface area (Å²) in [4.78, 5) is 18.1. The van der Waals surface area contributed by atoms with Crippen molar-refractivity contribution < 1.29 is 19.1 Å². The van der Waals surface area contributed by atoms with E-state index >= 15 is 0 Å². The van der Waals surface area contributed by atoms with Gasteiger partial charge < -0.3 is 19.2 Å². The van der Waals surface area contributed by atoms with E-state index in [9.17, 15) is 9.90 Å². The lowest BCUT2D eigenvalue weighted by Crippen LogP contribution is -2.52. The molecule has 1 fully saturated rings. The Hall–Kier alpha value is -2.08. The molecule has 124 valence electrons. The third-order valence-electron chi connectivity index (χ3n) is 4.35. The van der Waals surface area contributed by atoms with E-state index in [-0.39, 0.29) is 17.0 Å². The zero-order chi connectivity index (χ0) is 16.8. The monoisotopic (exact) mass is 318 g/mol. The van der Waals surface area contributed by atoms with E-state index in [1.807, 2.05) is 0 Å². The normalized spacial score (nSPS) is 19.3. The van der Waals surface area contributed by atoms with Crippen molar-refractivity contribution in [2.45, 2.75) is 33.7 Å². The van der Waals surface area contributed by atoms with Crippen molar-refractivity contribution in [3.05, 3.63) is 23.3 Å². The topological polar surface area (TPSA) is 75.8 Å². The highest BCUT2D eigenvalue weighted by atomic mass is 16.5. The van der Waals surface area contributed by atoms with Crippen molar-refractivity contribution in [2.75, 3.05) is 24.7 Å². The van der Waals surface area contributed by atoms with E-state index < -0.39 is 5.97 Å². The molecule has 6 heteroatoms. The Bertz CT molecular complexity index is 745. The molecule has 1 N–H and O–H groups in total. The Morgan fingerprint density at radius 2 is 2.13 bits per heavy atom. The highest BCUT2D eigenvalue weighted by Crippen LogP contribution is 2.33. The first kappa shape index (κ1) is 15.8. The second-order valence-electron chi connectivity index (χ2n) is 7.06. The van der Waals surface area contributed by atoms with Gasteiger partial charge in [-0.3, -0.25) is 0 Å². The van der Waals surface area contributed by atoms with Crippen LogP contribution in [0.4, 0.5) is 6.01 Å². The lowest BCUT2D eigenvalue weighted by atomic mass is 9.85. The average Bonchev–Trinajstić information content (AvgIpc) is 2.89. The molecule has 1 aromatic heterocycles. The van der Waals surface area contributed by atoms with Crippen molar-refractivity contribution in [3.63, 3.8) is 0 Å². The molecule has 0 amide bonds. The number of rotatable bonds is 2. The predicted molar refractivity (Wildman–Crippen MR) is 87.1 cm³/mol. The molecule has 23 heavy (non-hydrogen) atoms. The fraction of sp³-hybridized carbons (Fsp3) is 0.529. The summed E-state index contributed by atoms with van der Waals surface area (Å²) in [6, 6.07) is 4.12. The minimum atomic E-state index is -0.984. The number of benzene rings is 1. The quantitative estimate of drug-likeness (QED) is 0.917. The number of hydrogen-bond donors (Lipinski definition) is 1. The fourth-order valence-electron chi connectivity index (χ4n) is 3.03. The van der Waals surface area contributed by atoms with Crippen molar-refractivity contribution in [3.8, 4) is 0 Å². The van der Waals surface area contributed by atoms with E-state index in [2.05, 4.69) is 30.7 Å². The number of carboxylic acid groups (broad SMARTS) is 1. The second kappa shape index (κ2) is 5.53. The molecule has 0 saturated carbocycles. The number of hydrogen-bond acceptors (Lipinski definition) is 5. The van der Waals surface area contributed by atoms with Gasteiger partial charge in [0.2, 0.25) is 0 Å². The number of carboxylic acids is 1. The lowest BCUT2D eigenvalue weighted by molar-refractivity contribution is 0.0560. The van der Waals surface area contributed by atoms with Crippen LogP contribution < -0.4 is 4.90 Å². The van der Waals surface area contributed by atoms with Crippen LogP contribution in [0, 0.1) is 12.3 Å². The number of aryl methyl sites for hydroxylation is 1. The van der Waals surface area contributed by atoms with Crippen molar-refractivity contribution in [1.29, 1.82) is 0 Å². The fourth-order valence-corrected chi connectivity index (χ4v) is 3.03. The molecule has 1 atom stereocenters. The Balaban J connectivity index is 2.09. The molecule has 0 radical (unpaired) electrons. The van der Waals surface area contributed by atoms with Gasteiger partial charge >= 0.3 is 5.97 Å². The molecular formula is C17H22N2O4. The molecule has 1 aromatic carbocycles. The number of carbonyl (C=O) groups is 1. The Kier molecular flexibility index (Phi) is 3.80. The van der Waals surface area contributed by atoms with Gasteiger partial charge in [0.15, 0.2) is 5.58 Å². The van der Waals surface area contributed by atoms with Crippen LogP contribution in [-0.4, -0.2) is 41.9 Å². The number of aromatic nitrogens is 1. The molecule has 0 spiro atoms. The zero-order valence-electron chi connectivity index (χ0n) is 13.9. The van der Waals surface area contributed by atoms with Gasteiger partial charge in [0.25, 0.3) is 6.01 Å². The third-order valence-corrected chi connectivity index (χ3v) is 4.35. The molecule has 1 aliphatic rings. The van der Waals surface area contributed by atoms with Crippen LogP contribution in [0.15, 0.2) is 16.5 Å². The number of ether oxygens (including phenoxy) is 1. The summed E-state index contributed by atoms with van der Waals surface area (Å²) >= 11 is 0. The maximum atomic E-state index is 11.5. The molecule has 2 heterocycles. The van der Waals surface area contributed by atoms with Gasteiger partial charge in [0.1, 0.15) is 5.52 Å². The summed E-state index contributed by atoms with van der Waals surface area (Å²) in [5.41, 5.74) is 1.79. The Morgan fingerprint density at radius 3 is 2.78 bits per heavy atom. The first-order valence-electron chi connectivity index (χ1n) is 7.77. The summed E-state index contributed by atoms with van der Waals surface area (Å²) < 4.78 is 11.5. The highest BCUT2D eigenvalue weighted by molar-refractivity contribution is 6.02. The van der Waals surface area contributed by atoms with Crippen molar-refractivity contribution in [2.24, 2.45) is 5.41 Å². The van der Waals surface area contributed by atoms with E-state index in [1.54, 1.807) is 19.1 Å². The minimum absolute atomic E-state index is 0.00732. The molecule has 0 bridgehead atoms. The molecular weight excluding hydrogens is 296 g/mol. The largest absolute Gasteiger partial charge is 0.478 e. The van der Waals surface area contributed by atoms with Crippen LogP contribution >= 0.6 is 0 Å². The number of nitrogens with zero attached hydrogens (tertiary/aromatic N) is 2. The molecule has 1 aliphatic heterocycles. The zero-order valence-corrected chi connectivity index (χ0v) is 13.9. The molecule has 2 aromatic rings.